The highest BCUT2D eigenvalue weighted by atomic mass is 16.7. The van der Waals surface area contributed by atoms with Gasteiger partial charge in [-0.2, -0.15) is 0 Å². The van der Waals surface area contributed by atoms with Gasteiger partial charge in [-0.1, -0.05) is 6.42 Å². The van der Waals surface area contributed by atoms with Crippen LogP contribution in [0, 0.1) is 5.92 Å². The first kappa shape index (κ1) is 18.1. The SMILES string of the molecule is CC(C)(C)OC(=O)N1CC2CCC(B3OC(C)(C)C(C)(C)O3)CC21. The van der Waals surface area contributed by atoms with Crippen LogP contribution in [-0.2, 0) is 14.0 Å². The van der Waals surface area contributed by atoms with Crippen molar-refractivity contribution in [2.24, 2.45) is 5.92 Å². The van der Waals surface area contributed by atoms with E-state index in [1.807, 2.05) is 25.7 Å². The lowest BCUT2D eigenvalue weighted by Gasteiger charge is -2.52. The topological polar surface area (TPSA) is 48.0 Å². The number of carbonyl (C=O) groups is 1. The van der Waals surface area contributed by atoms with Crippen LogP contribution in [0.1, 0.15) is 67.7 Å². The van der Waals surface area contributed by atoms with Gasteiger partial charge >= 0.3 is 13.2 Å². The minimum atomic E-state index is -0.442. The number of amides is 1. The molecule has 1 amide bonds. The van der Waals surface area contributed by atoms with Gasteiger partial charge in [0, 0.05) is 12.6 Å². The van der Waals surface area contributed by atoms with E-state index in [1.54, 1.807) is 0 Å². The fourth-order valence-electron chi connectivity index (χ4n) is 3.94. The molecule has 0 bridgehead atoms. The molecular weight excluding hydrogens is 305 g/mol. The Kier molecular flexibility index (Phi) is 4.24. The second-order valence-electron chi connectivity index (χ2n) is 9.66. The number of nitrogens with zero attached hydrogens (tertiary/aromatic N) is 1. The van der Waals surface area contributed by atoms with Gasteiger partial charge in [-0.3, -0.25) is 0 Å². The van der Waals surface area contributed by atoms with Gasteiger partial charge in [-0.25, -0.2) is 4.79 Å². The van der Waals surface area contributed by atoms with E-state index in [0.29, 0.717) is 11.7 Å². The van der Waals surface area contributed by atoms with Crippen molar-refractivity contribution in [1.82, 2.24) is 4.90 Å². The summed E-state index contributed by atoms with van der Waals surface area (Å²) in [6.45, 7) is 14.9. The number of ether oxygens (including phenoxy) is 1. The molecule has 3 unspecified atom stereocenters. The van der Waals surface area contributed by atoms with Crippen molar-refractivity contribution in [1.29, 1.82) is 0 Å². The first-order valence-electron chi connectivity index (χ1n) is 9.25. The van der Waals surface area contributed by atoms with Gasteiger partial charge in [-0.15, -0.1) is 0 Å². The van der Waals surface area contributed by atoms with Gasteiger partial charge in [0.2, 0.25) is 0 Å². The van der Waals surface area contributed by atoms with E-state index in [0.717, 1.165) is 25.8 Å². The molecule has 0 N–H and O–H groups in total. The van der Waals surface area contributed by atoms with Crippen LogP contribution in [0.4, 0.5) is 4.79 Å². The molecule has 2 heterocycles. The second-order valence-corrected chi connectivity index (χ2v) is 9.66. The number of hydrogen-bond donors (Lipinski definition) is 0. The lowest BCUT2D eigenvalue weighted by molar-refractivity contribution is -0.0444. The zero-order valence-corrected chi connectivity index (χ0v) is 16.2. The highest BCUT2D eigenvalue weighted by molar-refractivity contribution is 6.47. The summed E-state index contributed by atoms with van der Waals surface area (Å²) in [6, 6.07) is 0.276. The molecule has 0 radical (unpaired) electrons. The summed E-state index contributed by atoms with van der Waals surface area (Å²) in [5.74, 6) is 0.953. The van der Waals surface area contributed by atoms with Gasteiger partial charge in [-0.05, 0) is 73.0 Å². The van der Waals surface area contributed by atoms with Gasteiger partial charge in [0.05, 0.1) is 11.2 Å². The molecule has 0 spiro atoms. The van der Waals surface area contributed by atoms with E-state index in [4.69, 9.17) is 14.0 Å². The monoisotopic (exact) mass is 337 g/mol. The maximum Gasteiger partial charge on any atom is 0.461 e. The Bertz CT molecular complexity index is 498. The molecule has 2 aliphatic heterocycles. The Labute approximate surface area is 146 Å². The smallest absolute Gasteiger partial charge is 0.444 e. The molecule has 3 rings (SSSR count). The predicted octanol–water partition coefficient (Wildman–Crippen LogP) is 3.87. The number of likely N-dealkylation sites (tertiary alicyclic amines) is 1. The molecule has 136 valence electrons. The van der Waals surface area contributed by atoms with Crippen LogP contribution in [0.15, 0.2) is 0 Å². The van der Waals surface area contributed by atoms with Gasteiger partial charge in [0.15, 0.2) is 0 Å². The van der Waals surface area contributed by atoms with E-state index in [9.17, 15) is 4.79 Å². The first-order valence-corrected chi connectivity index (χ1v) is 9.25. The highest BCUT2D eigenvalue weighted by Gasteiger charge is 2.56. The summed E-state index contributed by atoms with van der Waals surface area (Å²) < 4.78 is 18.0. The fourth-order valence-corrected chi connectivity index (χ4v) is 3.94. The number of rotatable bonds is 1. The van der Waals surface area contributed by atoms with Crippen molar-refractivity contribution < 1.29 is 18.8 Å². The van der Waals surface area contributed by atoms with Crippen LogP contribution >= 0.6 is 0 Å². The quantitative estimate of drug-likeness (QED) is 0.682. The van der Waals surface area contributed by atoms with Gasteiger partial charge < -0.3 is 18.9 Å². The van der Waals surface area contributed by atoms with Crippen molar-refractivity contribution in [2.45, 2.75) is 96.4 Å². The molecule has 3 aliphatic rings. The van der Waals surface area contributed by atoms with E-state index >= 15 is 0 Å². The molecule has 5 nitrogen and oxygen atoms in total. The average Bonchev–Trinajstić information content (AvgIpc) is 2.57. The van der Waals surface area contributed by atoms with Crippen LogP contribution in [0.5, 0.6) is 0 Å². The van der Waals surface area contributed by atoms with Gasteiger partial charge in [0.25, 0.3) is 0 Å². The van der Waals surface area contributed by atoms with Crippen molar-refractivity contribution in [3.63, 3.8) is 0 Å². The van der Waals surface area contributed by atoms with Crippen LogP contribution in [-0.4, -0.2) is 47.5 Å². The van der Waals surface area contributed by atoms with Gasteiger partial charge in [0.1, 0.15) is 5.60 Å². The van der Waals surface area contributed by atoms with Crippen LogP contribution < -0.4 is 0 Å². The third kappa shape index (κ3) is 3.19. The molecule has 3 fully saturated rings. The van der Waals surface area contributed by atoms with E-state index in [-0.39, 0.29) is 30.5 Å². The van der Waals surface area contributed by atoms with Crippen molar-refractivity contribution in [3.05, 3.63) is 0 Å². The molecule has 0 aromatic heterocycles. The van der Waals surface area contributed by atoms with Crippen LogP contribution in [0.3, 0.4) is 0 Å². The lowest BCUT2D eigenvalue weighted by Crippen LogP contribution is -2.61. The fraction of sp³-hybridized carbons (Fsp3) is 0.944. The summed E-state index contributed by atoms with van der Waals surface area (Å²) in [6.07, 6.45) is 3.01. The van der Waals surface area contributed by atoms with Crippen LogP contribution in [0.2, 0.25) is 5.82 Å². The van der Waals surface area contributed by atoms with Crippen molar-refractivity contribution >= 4 is 13.2 Å². The largest absolute Gasteiger partial charge is 0.461 e. The lowest BCUT2D eigenvalue weighted by atomic mass is 9.59. The van der Waals surface area contributed by atoms with Crippen molar-refractivity contribution in [3.8, 4) is 0 Å². The minimum Gasteiger partial charge on any atom is -0.444 e. The standard InChI is InChI=1S/C18H32BNO4/c1-16(2,3)22-15(21)20-11-12-8-9-13(10-14(12)20)19-23-17(4,5)18(6,7)24-19/h12-14H,8-11H2,1-7H3. The van der Waals surface area contributed by atoms with E-state index in [2.05, 4.69) is 27.7 Å². The summed E-state index contributed by atoms with van der Waals surface area (Å²) in [5.41, 5.74) is -1.03. The summed E-state index contributed by atoms with van der Waals surface area (Å²) in [4.78, 5) is 14.3. The highest BCUT2D eigenvalue weighted by Crippen LogP contribution is 2.48. The van der Waals surface area contributed by atoms with Crippen molar-refractivity contribution in [2.75, 3.05) is 6.54 Å². The number of hydrogen-bond acceptors (Lipinski definition) is 4. The molecule has 2 saturated heterocycles. The summed E-state index contributed by atoms with van der Waals surface area (Å²) in [7, 11) is -0.169. The maximum absolute atomic E-state index is 12.4. The van der Waals surface area contributed by atoms with E-state index in [1.165, 1.54) is 0 Å². The molecule has 24 heavy (non-hydrogen) atoms. The Morgan fingerprint density at radius 2 is 1.71 bits per heavy atom. The zero-order chi connectivity index (χ0) is 17.9. The number of carbonyl (C=O) groups excluding carboxylic acids is 1. The van der Waals surface area contributed by atoms with E-state index < -0.39 is 5.60 Å². The maximum atomic E-state index is 12.4. The third-order valence-corrected chi connectivity index (χ3v) is 6.11. The third-order valence-electron chi connectivity index (χ3n) is 6.11. The zero-order valence-electron chi connectivity index (χ0n) is 16.2. The molecule has 3 atom stereocenters. The Hall–Kier alpha value is -0.745. The average molecular weight is 337 g/mol. The molecule has 1 aliphatic carbocycles. The summed E-state index contributed by atoms with van der Waals surface area (Å²) >= 11 is 0. The Morgan fingerprint density at radius 1 is 1.12 bits per heavy atom. The molecule has 1 saturated carbocycles. The summed E-state index contributed by atoms with van der Waals surface area (Å²) in [5, 5.41) is 0. The second kappa shape index (κ2) is 5.63. The molecule has 0 aromatic rings. The molecule has 0 aromatic carbocycles. The Balaban J connectivity index is 1.62. The number of fused-ring (bicyclic) bond motifs is 1. The Morgan fingerprint density at radius 3 is 2.25 bits per heavy atom. The van der Waals surface area contributed by atoms with Crippen LogP contribution in [0.25, 0.3) is 0 Å². The molecular formula is C18H32BNO4. The predicted molar refractivity (Wildman–Crippen MR) is 93.9 cm³/mol. The minimum absolute atomic E-state index is 0.169. The molecule has 6 heteroatoms. The first-order chi connectivity index (χ1) is 10.9. The normalized spacial score (nSPS) is 34.5.